The van der Waals surface area contributed by atoms with E-state index in [2.05, 4.69) is 10.5 Å². The number of aromatic carboxylic acids is 1. The maximum Gasteiger partial charge on any atom is 0.416 e. The lowest BCUT2D eigenvalue weighted by atomic mass is 10.1. The summed E-state index contributed by atoms with van der Waals surface area (Å²) >= 11 is 5.75. The molecule has 1 heterocycles. The zero-order valence-electron chi connectivity index (χ0n) is 13.7. The molecule has 1 aromatic heterocycles. The quantitative estimate of drug-likeness (QED) is 0.634. The number of carboxylic acids is 1. The van der Waals surface area contributed by atoms with Crippen molar-refractivity contribution in [3.63, 3.8) is 0 Å². The molecule has 0 spiro atoms. The molecule has 2 aromatic carbocycles. The summed E-state index contributed by atoms with van der Waals surface area (Å²) in [5.41, 5.74) is -0.926. The first kappa shape index (κ1) is 19.4. The van der Waals surface area contributed by atoms with Crippen molar-refractivity contribution in [2.75, 3.05) is 5.32 Å². The summed E-state index contributed by atoms with van der Waals surface area (Å²) in [5, 5.41) is 15.3. The maximum absolute atomic E-state index is 12.6. The third kappa shape index (κ3) is 4.15. The van der Waals surface area contributed by atoms with Crippen LogP contribution in [-0.2, 0) is 6.18 Å². The molecule has 0 radical (unpaired) electrons. The highest BCUT2D eigenvalue weighted by atomic mass is 35.5. The summed E-state index contributed by atoms with van der Waals surface area (Å²) in [7, 11) is 0. The molecule has 0 fully saturated rings. The lowest BCUT2D eigenvalue weighted by Crippen LogP contribution is -2.15. The smallest absolute Gasteiger partial charge is 0.416 e. The molecule has 0 bridgehead atoms. The number of nitrogens with zero attached hydrogens (tertiary/aromatic N) is 1. The van der Waals surface area contributed by atoms with Crippen LogP contribution < -0.4 is 5.32 Å². The van der Waals surface area contributed by atoms with Gasteiger partial charge in [0.2, 0.25) is 0 Å². The van der Waals surface area contributed by atoms with Gasteiger partial charge in [0.1, 0.15) is 0 Å². The van der Waals surface area contributed by atoms with Crippen LogP contribution in [0.15, 0.2) is 53.1 Å². The SMILES string of the molecule is O=C(Nc1ccc(Cl)cc1C(=O)O)c1cc(-c2ccc(C(F)(F)F)cc2)on1. The molecule has 6 nitrogen and oxygen atoms in total. The molecule has 0 saturated carbocycles. The van der Waals surface area contributed by atoms with Crippen LogP contribution in [0.3, 0.4) is 0 Å². The Morgan fingerprint density at radius 3 is 2.36 bits per heavy atom. The largest absolute Gasteiger partial charge is 0.478 e. The topological polar surface area (TPSA) is 92.4 Å². The van der Waals surface area contributed by atoms with Gasteiger partial charge in [0.15, 0.2) is 11.5 Å². The van der Waals surface area contributed by atoms with E-state index < -0.39 is 23.6 Å². The van der Waals surface area contributed by atoms with Crippen LogP contribution >= 0.6 is 11.6 Å². The number of carbonyl (C=O) groups excluding carboxylic acids is 1. The zero-order chi connectivity index (χ0) is 20.5. The molecule has 0 aliphatic rings. The van der Waals surface area contributed by atoms with Crippen LogP contribution in [0.25, 0.3) is 11.3 Å². The second-order valence-electron chi connectivity index (χ2n) is 5.60. The van der Waals surface area contributed by atoms with Gasteiger partial charge in [-0.05, 0) is 30.3 Å². The van der Waals surface area contributed by atoms with Crippen LogP contribution in [0.5, 0.6) is 0 Å². The second-order valence-corrected chi connectivity index (χ2v) is 6.04. The standard InChI is InChI=1S/C18H10ClF3N2O4/c19-11-5-6-13(12(7-11)17(26)27)23-16(25)14-8-15(28-24-14)9-1-3-10(4-2-9)18(20,21)22/h1-8H,(H,23,25)(H,26,27). The van der Waals surface area contributed by atoms with E-state index in [0.29, 0.717) is 0 Å². The predicted octanol–water partition coefficient (Wildman–Crippen LogP) is 4.96. The van der Waals surface area contributed by atoms with Gasteiger partial charge in [-0.1, -0.05) is 28.9 Å². The van der Waals surface area contributed by atoms with Crippen molar-refractivity contribution in [1.82, 2.24) is 5.16 Å². The van der Waals surface area contributed by atoms with Crippen LogP contribution in [-0.4, -0.2) is 22.1 Å². The van der Waals surface area contributed by atoms with E-state index >= 15 is 0 Å². The Kier molecular flexibility index (Phi) is 5.10. The predicted molar refractivity (Wildman–Crippen MR) is 93.3 cm³/mol. The number of carboxylic acid groups (broad SMARTS) is 1. The van der Waals surface area contributed by atoms with Crippen molar-refractivity contribution in [3.05, 3.63) is 70.4 Å². The first-order chi connectivity index (χ1) is 13.1. The van der Waals surface area contributed by atoms with Crippen molar-refractivity contribution in [3.8, 4) is 11.3 Å². The van der Waals surface area contributed by atoms with E-state index in [1.54, 1.807) is 0 Å². The molecule has 3 aromatic rings. The number of halogens is 4. The minimum absolute atomic E-state index is 0.000908. The highest BCUT2D eigenvalue weighted by Gasteiger charge is 2.30. The molecule has 1 amide bonds. The maximum atomic E-state index is 12.6. The fourth-order valence-electron chi connectivity index (χ4n) is 2.33. The van der Waals surface area contributed by atoms with E-state index in [1.165, 1.54) is 36.4 Å². The number of alkyl halides is 3. The third-order valence-corrected chi connectivity index (χ3v) is 3.93. The van der Waals surface area contributed by atoms with Crippen LogP contribution in [0.1, 0.15) is 26.4 Å². The first-order valence-electron chi connectivity index (χ1n) is 7.63. The van der Waals surface area contributed by atoms with Gasteiger partial charge in [0.25, 0.3) is 5.91 Å². The first-order valence-corrected chi connectivity index (χ1v) is 8.01. The van der Waals surface area contributed by atoms with Gasteiger partial charge >= 0.3 is 12.1 Å². The lowest BCUT2D eigenvalue weighted by molar-refractivity contribution is -0.137. The van der Waals surface area contributed by atoms with Gasteiger partial charge in [-0.2, -0.15) is 13.2 Å². The summed E-state index contributed by atoms with van der Waals surface area (Å²) in [4.78, 5) is 23.6. The number of carbonyl (C=O) groups is 2. The van der Waals surface area contributed by atoms with Crippen molar-refractivity contribution >= 4 is 29.2 Å². The molecule has 2 N–H and O–H groups in total. The average molecular weight is 411 g/mol. The van der Waals surface area contributed by atoms with Crippen LogP contribution in [0.2, 0.25) is 5.02 Å². The van der Waals surface area contributed by atoms with E-state index in [4.69, 9.17) is 16.1 Å². The van der Waals surface area contributed by atoms with E-state index in [9.17, 15) is 27.9 Å². The molecule has 10 heteroatoms. The Morgan fingerprint density at radius 1 is 1.07 bits per heavy atom. The molecular weight excluding hydrogens is 401 g/mol. The number of aromatic nitrogens is 1. The highest BCUT2D eigenvalue weighted by Crippen LogP contribution is 2.31. The van der Waals surface area contributed by atoms with Crippen molar-refractivity contribution < 1.29 is 32.4 Å². The summed E-state index contributed by atoms with van der Waals surface area (Å²) in [6.45, 7) is 0. The lowest BCUT2D eigenvalue weighted by Gasteiger charge is -2.07. The fraction of sp³-hybridized carbons (Fsp3) is 0.0556. The van der Waals surface area contributed by atoms with Gasteiger partial charge in [0, 0.05) is 16.7 Å². The van der Waals surface area contributed by atoms with Gasteiger partial charge in [-0.15, -0.1) is 0 Å². The third-order valence-electron chi connectivity index (χ3n) is 3.70. The van der Waals surface area contributed by atoms with E-state index in [-0.39, 0.29) is 33.3 Å². The number of rotatable bonds is 4. The molecule has 0 saturated heterocycles. The van der Waals surface area contributed by atoms with Crippen LogP contribution in [0.4, 0.5) is 18.9 Å². The molecule has 0 aliphatic heterocycles. The van der Waals surface area contributed by atoms with Crippen molar-refractivity contribution in [1.29, 1.82) is 0 Å². The molecule has 3 rings (SSSR count). The minimum Gasteiger partial charge on any atom is -0.478 e. The van der Waals surface area contributed by atoms with Crippen molar-refractivity contribution in [2.45, 2.75) is 6.18 Å². The van der Waals surface area contributed by atoms with Crippen molar-refractivity contribution in [2.24, 2.45) is 0 Å². The monoisotopic (exact) mass is 410 g/mol. The van der Waals surface area contributed by atoms with E-state index in [0.717, 1.165) is 12.1 Å². The van der Waals surface area contributed by atoms with Gasteiger partial charge in [-0.25, -0.2) is 4.79 Å². The highest BCUT2D eigenvalue weighted by molar-refractivity contribution is 6.31. The Hall–Kier alpha value is -3.33. The Balaban J connectivity index is 1.81. The normalized spacial score (nSPS) is 11.3. The number of benzene rings is 2. The number of anilines is 1. The number of nitrogens with one attached hydrogen (secondary N) is 1. The summed E-state index contributed by atoms with van der Waals surface area (Å²) in [5.74, 6) is -1.97. The molecule has 0 atom stereocenters. The molecular formula is C18H10ClF3N2O4. The number of hydrogen-bond acceptors (Lipinski definition) is 4. The van der Waals surface area contributed by atoms with E-state index in [1.807, 2.05) is 0 Å². The Labute approximate surface area is 160 Å². The average Bonchev–Trinajstić information content (AvgIpc) is 3.12. The summed E-state index contributed by atoms with van der Waals surface area (Å²) < 4.78 is 42.8. The summed E-state index contributed by atoms with van der Waals surface area (Å²) in [6, 6.07) is 9.26. The Bertz CT molecular complexity index is 1050. The van der Waals surface area contributed by atoms with Gasteiger partial charge in [-0.3, -0.25) is 4.79 Å². The van der Waals surface area contributed by atoms with Gasteiger partial charge < -0.3 is 14.9 Å². The fourth-order valence-corrected chi connectivity index (χ4v) is 2.50. The Morgan fingerprint density at radius 2 is 1.75 bits per heavy atom. The number of amides is 1. The van der Waals surface area contributed by atoms with Crippen LogP contribution in [0, 0.1) is 0 Å². The molecule has 28 heavy (non-hydrogen) atoms. The molecule has 0 aliphatic carbocycles. The summed E-state index contributed by atoms with van der Waals surface area (Å²) in [6.07, 6.45) is -4.47. The zero-order valence-corrected chi connectivity index (χ0v) is 14.5. The second kappa shape index (κ2) is 7.35. The number of hydrogen-bond donors (Lipinski definition) is 2. The molecule has 0 unspecified atom stereocenters. The minimum atomic E-state index is -4.47. The molecule has 144 valence electrons. The van der Waals surface area contributed by atoms with Gasteiger partial charge in [0.05, 0.1) is 16.8 Å².